The van der Waals surface area contributed by atoms with E-state index < -0.39 is 11.7 Å². The lowest BCUT2D eigenvalue weighted by Crippen LogP contribution is -2.19. The molecule has 1 N–H and O–H groups in total. The van der Waals surface area contributed by atoms with Gasteiger partial charge in [-0.3, -0.25) is 9.59 Å². The molecule has 152 valence electrons. The van der Waals surface area contributed by atoms with E-state index in [1.807, 2.05) is 41.2 Å². The summed E-state index contributed by atoms with van der Waals surface area (Å²) >= 11 is 0. The molecule has 0 bridgehead atoms. The normalized spacial score (nSPS) is 10.9. The average Bonchev–Trinajstić information content (AvgIpc) is 3.15. The van der Waals surface area contributed by atoms with Crippen molar-refractivity contribution in [2.45, 2.75) is 13.2 Å². The van der Waals surface area contributed by atoms with E-state index in [0.29, 0.717) is 17.9 Å². The van der Waals surface area contributed by atoms with E-state index >= 15 is 0 Å². The van der Waals surface area contributed by atoms with Gasteiger partial charge in [-0.25, -0.2) is 4.39 Å². The second-order valence-corrected chi connectivity index (χ2v) is 6.82. The molecule has 0 saturated heterocycles. The first-order valence-electron chi connectivity index (χ1n) is 9.33. The second kappa shape index (κ2) is 8.24. The predicted molar refractivity (Wildman–Crippen MR) is 110 cm³/mol. The van der Waals surface area contributed by atoms with Gasteiger partial charge >= 0.3 is 0 Å². The minimum absolute atomic E-state index is 0.0297. The van der Waals surface area contributed by atoms with Gasteiger partial charge in [0.05, 0.1) is 12.1 Å². The number of nitrogens with zero attached hydrogens (tertiary/aromatic N) is 1. The smallest absolute Gasteiger partial charge is 0.253 e. The van der Waals surface area contributed by atoms with Crippen molar-refractivity contribution in [2.24, 2.45) is 0 Å². The molecule has 0 unspecified atom stereocenters. The topological polar surface area (TPSA) is 73.5 Å². The molecule has 30 heavy (non-hydrogen) atoms. The minimum Gasteiger partial charge on any atom is -0.482 e. The molecule has 0 spiro atoms. The quantitative estimate of drug-likeness (QED) is 0.530. The number of aromatic nitrogens is 1. The van der Waals surface area contributed by atoms with E-state index in [1.54, 1.807) is 6.07 Å². The molecule has 6 nitrogen and oxygen atoms in total. The average molecular weight is 406 g/mol. The van der Waals surface area contributed by atoms with Crippen molar-refractivity contribution in [2.75, 3.05) is 7.05 Å². The zero-order valence-corrected chi connectivity index (χ0v) is 16.2. The van der Waals surface area contributed by atoms with Crippen LogP contribution in [0.1, 0.15) is 21.7 Å². The Hall–Kier alpha value is -3.87. The van der Waals surface area contributed by atoms with Gasteiger partial charge in [0.25, 0.3) is 5.91 Å². The molecule has 0 radical (unpaired) electrons. The van der Waals surface area contributed by atoms with Crippen molar-refractivity contribution in [3.63, 3.8) is 0 Å². The van der Waals surface area contributed by atoms with Gasteiger partial charge in [-0.2, -0.15) is 0 Å². The van der Waals surface area contributed by atoms with Crippen LogP contribution < -0.4 is 15.5 Å². The number of carbonyl (C=O) groups excluding carboxylic acids is 1. The molecular weight excluding hydrogens is 387 g/mol. The molecule has 2 heterocycles. The molecule has 0 aliphatic carbocycles. The van der Waals surface area contributed by atoms with Gasteiger partial charge < -0.3 is 19.0 Å². The third-order valence-corrected chi connectivity index (χ3v) is 4.70. The first-order chi connectivity index (χ1) is 14.5. The Balaban J connectivity index is 1.44. The summed E-state index contributed by atoms with van der Waals surface area (Å²) in [5.41, 5.74) is 0.112. The van der Waals surface area contributed by atoms with Gasteiger partial charge in [0, 0.05) is 25.5 Å². The Bertz CT molecular complexity index is 1240. The number of carbonyl (C=O) groups is 1. The van der Waals surface area contributed by atoms with Gasteiger partial charge in [-0.15, -0.1) is 0 Å². The van der Waals surface area contributed by atoms with Crippen molar-refractivity contribution in [3.05, 3.63) is 100 Å². The van der Waals surface area contributed by atoms with Crippen molar-refractivity contribution in [1.82, 2.24) is 9.88 Å². The van der Waals surface area contributed by atoms with Crippen LogP contribution >= 0.6 is 0 Å². The fourth-order valence-electron chi connectivity index (χ4n) is 3.17. The molecule has 0 aliphatic heterocycles. The summed E-state index contributed by atoms with van der Waals surface area (Å²) in [6.07, 6.45) is 5.23. The minimum atomic E-state index is -0.656. The molecule has 0 aliphatic rings. The molecule has 0 atom stereocenters. The van der Waals surface area contributed by atoms with Crippen LogP contribution in [0.4, 0.5) is 4.39 Å². The van der Waals surface area contributed by atoms with E-state index in [9.17, 15) is 14.0 Å². The van der Waals surface area contributed by atoms with Crippen LogP contribution in [0.25, 0.3) is 10.8 Å². The largest absolute Gasteiger partial charge is 0.482 e. The monoisotopic (exact) mass is 406 g/mol. The first kappa shape index (κ1) is 19.4. The van der Waals surface area contributed by atoms with Crippen LogP contribution in [-0.4, -0.2) is 17.5 Å². The van der Waals surface area contributed by atoms with Gasteiger partial charge in [0.1, 0.15) is 24.4 Å². The van der Waals surface area contributed by atoms with Crippen LogP contribution in [0.5, 0.6) is 5.75 Å². The van der Waals surface area contributed by atoms with Crippen molar-refractivity contribution in [1.29, 1.82) is 0 Å². The van der Waals surface area contributed by atoms with Crippen molar-refractivity contribution < 1.29 is 18.3 Å². The Labute approximate surface area is 171 Å². The molecule has 0 saturated carbocycles. The summed E-state index contributed by atoms with van der Waals surface area (Å²) in [6.45, 7) is 0.383. The highest BCUT2D eigenvalue weighted by Crippen LogP contribution is 2.17. The van der Waals surface area contributed by atoms with Crippen LogP contribution in [-0.2, 0) is 13.2 Å². The third kappa shape index (κ3) is 4.10. The highest BCUT2D eigenvalue weighted by Gasteiger charge is 2.12. The van der Waals surface area contributed by atoms with Crippen LogP contribution in [0, 0.1) is 5.82 Å². The maximum atomic E-state index is 14.0. The maximum Gasteiger partial charge on any atom is 0.253 e. The predicted octanol–water partition coefficient (Wildman–Crippen LogP) is 3.72. The molecule has 4 rings (SSSR count). The molecule has 0 fully saturated rings. The summed E-state index contributed by atoms with van der Waals surface area (Å²) in [6, 6.07) is 13.5. The van der Waals surface area contributed by atoms with E-state index in [-0.39, 0.29) is 23.3 Å². The molecule has 2 aromatic carbocycles. The van der Waals surface area contributed by atoms with Gasteiger partial charge in [-0.05, 0) is 28.5 Å². The number of benzene rings is 2. The first-order valence-corrected chi connectivity index (χ1v) is 9.33. The molecule has 4 aromatic rings. The molecule has 2 aromatic heterocycles. The molecular formula is C23H19FN2O4. The Morgan fingerprint density at radius 3 is 2.50 bits per heavy atom. The number of rotatable bonds is 6. The lowest BCUT2D eigenvalue weighted by atomic mass is 10.1. The van der Waals surface area contributed by atoms with E-state index in [4.69, 9.17) is 9.15 Å². The van der Waals surface area contributed by atoms with Gasteiger partial charge in [0.15, 0.2) is 0 Å². The fraction of sp³-hybridized carbons (Fsp3) is 0.130. The summed E-state index contributed by atoms with van der Waals surface area (Å²) in [7, 11) is 1.43. The summed E-state index contributed by atoms with van der Waals surface area (Å²) in [5.74, 6) is -0.635. The highest BCUT2D eigenvalue weighted by atomic mass is 19.1. The van der Waals surface area contributed by atoms with E-state index in [1.165, 1.54) is 31.5 Å². The molecule has 7 heteroatoms. The Morgan fingerprint density at radius 1 is 1.13 bits per heavy atom. The standard InChI is InChI=1S/C23H19FN2O4/c1-25-23(28)19-7-6-15(8-20(19)24)13-30-22-14-29-18(9-21(22)27)12-26-10-16-4-2-3-5-17(16)11-26/h2-11,14H,12-13H2,1H3,(H,25,28). The van der Waals surface area contributed by atoms with E-state index in [0.717, 1.165) is 10.8 Å². The SMILES string of the molecule is CNC(=O)c1ccc(COc2coc(Cn3cc4ccccc4c3)cc2=O)cc1F. The third-order valence-electron chi connectivity index (χ3n) is 4.70. The summed E-state index contributed by atoms with van der Waals surface area (Å²) in [5, 5.41) is 4.58. The van der Waals surface area contributed by atoms with E-state index in [2.05, 4.69) is 5.32 Å². The second-order valence-electron chi connectivity index (χ2n) is 6.82. The lowest BCUT2D eigenvalue weighted by molar-refractivity contribution is 0.0959. The van der Waals surface area contributed by atoms with Crippen molar-refractivity contribution >= 4 is 16.7 Å². The lowest BCUT2D eigenvalue weighted by Gasteiger charge is -2.08. The highest BCUT2D eigenvalue weighted by molar-refractivity contribution is 5.94. The number of amides is 1. The summed E-state index contributed by atoms with van der Waals surface area (Å²) in [4.78, 5) is 23.9. The number of hydrogen-bond acceptors (Lipinski definition) is 4. The van der Waals surface area contributed by atoms with Crippen LogP contribution in [0.2, 0.25) is 0 Å². The Kier molecular flexibility index (Phi) is 5.34. The molecule has 1 amide bonds. The zero-order valence-electron chi connectivity index (χ0n) is 16.2. The zero-order chi connectivity index (χ0) is 21.1. The van der Waals surface area contributed by atoms with Gasteiger partial charge in [-0.1, -0.05) is 30.3 Å². The number of ether oxygens (including phenoxy) is 1. The van der Waals surface area contributed by atoms with Crippen LogP contribution in [0.3, 0.4) is 0 Å². The summed E-state index contributed by atoms with van der Waals surface area (Å²) < 4.78 is 27.0. The number of hydrogen-bond donors (Lipinski definition) is 1. The number of halogens is 1. The number of fused-ring (bicyclic) bond motifs is 1. The fourth-order valence-corrected chi connectivity index (χ4v) is 3.17. The number of nitrogens with one attached hydrogen (secondary N) is 1. The Morgan fingerprint density at radius 2 is 1.87 bits per heavy atom. The van der Waals surface area contributed by atoms with Crippen molar-refractivity contribution in [3.8, 4) is 5.75 Å². The maximum absolute atomic E-state index is 14.0. The van der Waals surface area contributed by atoms with Gasteiger partial charge in [0.2, 0.25) is 11.2 Å². The van der Waals surface area contributed by atoms with Crippen LogP contribution in [0.15, 0.2) is 76.4 Å².